The van der Waals surface area contributed by atoms with Crippen molar-refractivity contribution < 1.29 is 0 Å². The molecular formula is C17H17ClIN3. The van der Waals surface area contributed by atoms with Crippen LogP contribution in [0, 0.1) is 0 Å². The number of benzene rings is 1. The first-order valence-corrected chi connectivity index (χ1v) is 9.19. The molecule has 0 saturated carbocycles. The van der Waals surface area contributed by atoms with Crippen molar-refractivity contribution in [3.8, 4) is 11.1 Å². The van der Waals surface area contributed by atoms with Gasteiger partial charge in [0.05, 0.1) is 15.9 Å². The minimum absolute atomic E-state index is 0.593. The molecular weight excluding hydrogens is 409 g/mol. The summed E-state index contributed by atoms with van der Waals surface area (Å²) in [6.45, 7) is 3.48. The maximum Gasteiger partial charge on any atom is 0.0797 e. The van der Waals surface area contributed by atoms with Crippen LogP contribution in [0.3, 0.4) is 0 Å². The van der Waals surface area contributed by atoms with Crippen LogP contribution >= 0.6 is 34.2 Å². The second-order valence-corrected chi connectivity index (χ2v) is 7.84. The molecule has 2 bridgehead atoms. The van der Waals surface area contributed by atoms with E-state index in [4.69, 9.17) is 11.6 Å². The van der Waals surface area contributed by atoms with E-state index in [2.05, 4.69) is 55.6 Å². The van der Waals surface area contributed by atoms with E-state index in [0.29, 0.717) is 10.1 Å². The van der Waals surface area contributed by atoms with Crippen molar-refractivity contribution >= 4 is 39.9 Å². The highest BCUT2D eigenvalue weighted by Crippen LogP contribution is 2.33. The minimum Gasteiger partial charge on any atom is -0.364 e. The smallest absolute Gasteiger partial charge is 0.0797 e. The van der Waals surface area contributed by atoms with E-state index >= 15 is 0 Å². The zero-order valence-corrected chi connectivity index (χ0v) is 15.0. The summed E-state index contributed by atoms with van der Waals surface area (Å²) in [5.41, 5.74) is 3.55. The van der Waals surface area contributed by atoms with Gasteiger partial charge < -0.3 is 4.90 Å². The molecule has 0 amide bonds. The van der Waals surface area contributed by atoms with E-state index in [-0.39, 0.29) is 0 Å². The lowest BCUT2D eigenvalue weighted by Crippen LogP contribution is -2.50. The Morgan fingerprint density at radius 2 is 1.91 bits per heavy atom. The Bertz CT molecular complexity index is 676. The summed E-state index contributed by atoms with van der Waals surface area (Å²) in [4.78, 5) is 9.59. The largest absolute Gasteiger partial charge is 0.364 e. The highest BCUT2D eigenvalue weighted by molar-refractivity contribution is 14.1. The zero-order valence-electron chi connectivity index (χ0n) is 12.1. The van der Waals surface area contributed by atoms with Crippen molar-refractivity contribution in [1.82, 2.24) is 9.88 Å². The summed E-state index contributed by atoms with van der Waals surface area (Å²) < 4.78 is 0.593. The van der Waals surface area contributed by atoms with Gasteiger partial charge in [0.25, 0.3) is 0 Å². The van der Waals surface area contributed by atoms with Crippen LogP contribution in [0.4, 0.5) is 5.69 Å². The van der Waals surface area contributed by atoms with Crippen LogP contribution < -0.4 is 4.90 Å². The molecule has 3 atom stereocenters. The van der Waals surface area contributed by atoms with Gasteiger partial charge in [0, 0.05) is 42.5 Å². The number of alkyl halides is 1. The number of anilines is 1. The molecule has 2 aliphatic rings. The predicted octanol–water partition coefficient (Wildman–Crippen LogP) is 4.06. The van der Waals surface area contributed by atoms with Crippen molar-refractivity contribution in [3.63, 3.8) is 0 Å². The number of fused-ring (bicyclic) bond motifs is 2. The summed E-state index contributed by atoms with van der Waals surface area (Å²) in [7, 11) is 0. The molecule has 3 nitrogen and oxygen atoms in total. The number of nitrogens with zero attached hydrogens (tertiary/aromatic N) is 3. The average Bonchev–Trinajstić information content (AvgIpc) is 2.97. The molecule has 0 radical (unpaired) electrons. The third-order valence-corrected chi connectivity index (χ3v) is 6.05. The van der Waals surface area contributed by atoms with E-state index < -0.39 is 0 Å². The standard InChI is InChI=1S/C17H17ClIN3/c18-14-3-1-12(2-4-14)13-7-16(9-20-8-13)22-11-17(19)21-6-5-15(22)10-21/h1-4,7-9,15,17H,5-6,10-11H2. The lowest BCUT2D eigenvalue weighted by atomic mass is 10.1. The van der Waals surface area contributed by atoms with Crippen LogP contribution in [0.1, 0.15) is 6.42 Å². The van der Waals surface area contributed by atoms with Gasteiger partial charge in [-0.05, 0) is 30.2 Å². The van der Waals surface area contributed by atoms with Gasteiger partial charge in [-0.3, -0.25) is 9.88 Å². The molecule has 4 rings (SSSR count). The van der Waals surface area contributed by atoms with Crippen molar-refractivity contribution in [3.05, 3.63) is 47.7 Å². The molecule has 22 heavy (non-hydrogen) atoms. The van der Waals surface area contributed by atoms with Gasteiger partial charge in [-0.25, -0.2) is 0 Å². The second kappa shape index (κ2) is 5.98. The highest BCUT2D eigenvalue weighted by Gasteiger charge is 2.37. The van der Waals surface area contributed by atoms with Gasteiger partial charge in [-0.15, -0.1) is 0 Å². The lowest BCUT2D eigenvalue weighted by molar-refractivity contribution is 0.296. The fourth-order valence-corrected chi connectivity index (χ4v) is 4.46. The second-order valence-electron chi connectivity index (χ2n) is 5.96. The van der Waals surface area contributed by atoms with E-state index in [1.807, 2.05) is 24.5 Å². The Morgan fingerprint density at radius 3 is 2.73 bits per heavy atom. The van der Waals surface area contributed by atoms with E-state index in [1.54, 1.807) is 0 Å². The van der Waals surface area contributed by atoms with Crippen molar-refractivity contribution in [2.45, 2.75) is 16.5 Å². The molecule has 2 saturated heterocycles. The number of hydrogen-bond donors (Lipinski definition) is 0. The van der Waals surface area contributed by atoms with Gasteiger partial charge >= 0.3 is 0 Å². The van der Waals surface area contributed by atoms with Crippen LogP contribution in [0.5, 0.6) is 0 Å². The van der Waals surface area contributed by atoms with Gasteiger partial charge in [0.1, 0.15) is 0 Å². The first-order chi connectivity index (χ1) is 10.7. The number of piperazine rings is 1. The van der Waals surface area contributed by atoms with Crippen molar-refractivity contribution in [2.75, 3.05) is 24.5 Å². The maximum absolute atomic E-state index is 5.98. The highest BCUT2D eigenvalue weighted by atomic mass is 127. The predicted molar refractivity (Wildman–Crippen MR) is 99.8 cm³/mol. The van der Waals surface area contributed by atoms with Gasteiger partial charge in [-0.2, -0.15) is 0 Å². The lowest BCUT2D eigenvalue weighted by Gasteiger charge is -2.39. The summed E-state index contributed by atoms with van der Waals surface area (Å²) >= 11 is 8.54. The number of halogens is 2. The van der Waals surface area contributed by atoms with Crippen LogP contribution in [0.2, 0.25) is 5.02 Å². The number of rotatable bonds is 2. The fourth-order valence-electron chi connectivity index (χ4n) is 3.41. The van der Waals surface area contributed by atoms with Crippen LogP contribution in [0.25, 0.3) is 11.1 Å². The summed E-state index contributed by atoms with van der Waals surface area (Å²) in [6.07, 6.45) is 5.18. The molecule has 3 heterocycles. The average molecular weight is 426 g/mol. The quantitative estimate of drug-likeness (QED) is 0.411. The third kappa shape index (κ3) is 2.72. The number of hydrogen-bond acceptors (Lipinski definition) is 3. The first-order valence-electron chi connectivity index (χ1n) is 7.56. The van der Waals surface area contributed by atoms with E-state index in [9.17, 15) is 0 Å². The third-order valence-electron chi connectivity index (χ3n) is 4.61. The topological polar surface area (TPSA) is 19.4 Å². The van der Waals surface area contributed by atoms with E-state index in [1.165, 1.54) is 25.2 Å². The van der Waals surface area contributed by atoms with Crippen LogP contribution in [-0.4, -0.2) is 39.6 Å². The molecule has 3 unspecified atom stereocenters. The van der Waals surface area contributed by atoms with E-state index in [0.717, 1.165) is 22.7 Å². The van der Waals surface area contributed by atoms with Gasteiger partial charge in [0.2, 0.25) is 0 Å². The Kier molecular flexibility index (Phi) is 4.00. The molecule has 1 aromatic heterocycles. The van der Waals surface area contributed by atoms with Crippen LogP contribution in [0.15, 0.2) is 42.7 Å². The Labute approximate surface area is 149 Å². The first kappa shape index (κ1) is 14.7. The number of pyridine rings is 1. The Morgan fingerprint density at radius 1 is 1.09 bits per heavy atom. The molecule has 0 aliphatic carbocycles. The summed E-state index contributed by atoms with van der Waals surface area (Å²) in [6, 6.07) is 10.9. The Hall–Kier alpha value is -0.850. The molecule has 0 spiro atoms. The van der Waals surface area contributed by atoms with Gasteiger partial charge in [0.15, 0.2) is 0 Å². The molecule has 5 heteroatoms. The summed E-state index contributed by atoms with van der Waals surface area (Å²) in [5.74, 6) is 0. The van der Waals surface area contributed by atoms with Gasteiger partial charge in [-0.1, -0.05) is 46.3 Å². The SMILES string of the molecule is Clc1ccc(-c2cncc(N3CC(I)N4CCC3C4)c2)cc1. The Balaban J connectivity index is 1.65. The molecule has 2 aliphatic heterocycles. The molecule has 114 valence electrons. The molecule has 2 aromatic rings. The maximum atomic E-state index is 5.98. The summed E-state index contributed by atoms with van der Waals surface area (Å²) in [5, 5.41) is 0.766. The number of aromatic nitrogens is 1. The monoisotopic (exact) mass is 425 g/mol. The van der Waals surface area contributed by atoms with Crippen molar-refractivity contribution in [1.29, 1.82) is 0 Å². The van der Waals surface area contributed by atoms with Crippen molar-refractivity contribution in [2.24, 2.45) is 0 Å². The normalized spacial score (nSPS) is 27.2. The fraction of sp³-hybridized carbons (Fsp3) is 0.353. The zero-order chi connectivity index (χ0) is 15.1. The molecule has 1 aromatic carbocycles. The molecule has 2 fully saturated rings. The molecule has 0 N–H and O–H groups in total. The minimum atomic E-state index is 0.593. The van der Waals surface area contributed by atoms with Crippen LogP contribution in [-0.2, 0) is 0 Å².